The summed E-state index contributed by atoms with van der Waals surface area (Å²) in [4.78, 5) is 20.6. The largest absolute Gasteiger partial charge is 0.416 e. The lowest BCUT2D eigenvalue weighted by Crippen LogP contribution is -2.49. The highest BCUT2D eigenvalue weighted by atomic mass is 19.4. The summed E-state index contributed by atoms with van der Waals surface area (Å²) in [7, 11) is 1.58. The molecule has 11 heteroatoms. The fourth-order valence-electron chi connectivity index (χ4n) is 3.90. The van der Waals surface area contributed by atoms with Crippen LogP contribution in [0.3, 0.4) is 0 Å². The molecule has 0 spiro atoms. The zero-order valence-electron chi connectivity index (χ0n) is 19.8. The van der Waals surface area contributed by atoms with Crippen molar-refractivity contribution < 1.29 is 32.0 Å². The number of ether oxygens (including phenoxy) is 2. The van der Waals surface area contributed by atoms with Crippen LogP contribution in [0.2, 0.25) is 0 Å². The molecular weight excluding hydrogens is 477 g/mol. The molecule has 0 atom stereocenters. The predicted molar refractivity (Wildman–Crippen MR) is 125 cm³/mol. The third-order valence-electron chi connectivity index (χ3n) is 5.84. The normalized spacial score (nSPS) is 14.8. The molecule has 1 fully saturated rings. The molecule has 0 unspecified atom stereocenters. The number of aromatic nitrogens is 2. The minimum Gasteiger partial charge on any atom is -0.382 e. The van der Waals surface area contributed by atoms with Crippen LogP contribution in [-0.4, -0.2) is 79.0 Å². The van der Waals surface area contributed by atoms with Crippen LogP contribution in [0, 0.1) is 0 Å². The molecule has 1 amide bonds. The maximum absolute atomic E-state index is 13.0. The van der Waals surface area contributed by atoms with E-state index < -0.39 is 11.7 Å². The molecule has 2 aromatic carbocycles. The summed E-state index contributed by atoms with van der Waals surface area (Å²) in [5, 5.41) is 3.96. The second kappa shape index (κ2) is 11.6. The maximum atomic E-state index is 13.0. The molecule has 1 aliphatic heterocycles. The summed E-state index contributed by atoms with van der Waals surface area (Å²) in [6, 6.07) is 12.4. The van der Waals surface area contributed by atoms with Gasteiger partial charge in [0.2, 0.25) is 11.7 Å². The summed E-state index contributed by atoms with van der Waals surface area (Å²) in [5.74, 6) is 0.295. The Morgan fingerprint density at radius 1 is 1.03 bits per heavy atom. The molecule has 192 valence electrons. The molecular formula is C25H27F3N4O4. The van der Waals surface area contributed by atoms with Gasteiger partial charge in [-0.2, -0.15) is 18.2 Å². The molecule has 36 heavy (non-hydrogen) atoms. The van der Waals surface area contributed by atoms with E-state index in [1.807, 2.05) is 24.3 Å². The van der Waals surface area contributed by atoms with Crippen molar-refractivity contribution in [2.75, 3.05) is 53.1 Å². The van der Waals surface area contributed by atoms with Gasteiger partial charge in [-0.05, 0) is 29.8 Å². The quantitative estimate of drug-likeness (QED) is 0.411. The third-order valence-corrected chi connectivity index (χ3v) is 5.84. The molecule has 0 saturated carbocycles. The highest BCUT2D eigenvalue weighted by molar-refractivity contribution is 5.77. The molecule has 1 aromatic heterocycles. The first-order valence-corrected chi connectivity index (χ1v) is 11.5. The topological polar surface area (TPSA) is 80.9 Å². The van der Waals surface area contributed by atoms with Gasteiger partial charge in [0, 0.05) is 51.0 Å². The molecule has 0 N–H and O–H groups in total. The minimum absolute atomic E-state index is 0.0218. The van der Waals surface area contributed by atoms with Crippen molar-refractivity contribution >= 4 is 5.91 Å². The number of amides is 1. The molecule has 0 bridgehead atoms. The summed E-state index contributed by atoms with van der Waals surface area (Å²) in [6.45, 7) is 4.29. The highest BCUT2D eigenvalue weighted by Crippen LogP contribution is 2.32. The van der Waals surface area contributed by atoms with E-state index in [-0.39, 0.29) is 24.0 Å². The molecule has 0 aliphatic carbocycles. The monoisotopic (exact) mass is 504 g/mol. The van der Waals surface area contributed by atoms with Gasteiger partial charge in [-0.15, -0.1) is 0 Å². The van der Waals surface area contributed by atoms with Gasteiger partial charge in [-0.3, -0.25) is 9.69 Å². The molecule has 1 saturated heterocycles. The van der Waals surface area contributed by atoms with E-state index in [1.165, 1.54) is 12.1 Å². The number of hydrogen-bond acceptors (Lipinski definition) is 7. The van der Waals surface area contributed by atoms with E-state index in [0.29, 0.717) is 44.2 Å². The van der Waals surface area contributed by atoms with Crippen LogP contribution in [0.1, 0.15) is 11.1 Å². The zero-order valence-corrected chi connectivity index (χ0v) is 19.8. The van der Waals surface area contributed by atoms with Crippen LogP contribution in [0.5, 0.6) is 0 Å². The number of carbonyl (C=O) groups excluding carboxylic acids is 1. The summed E-state index contributed by atoms with van der Waals surface area (Å²) >= 11 is 0. The van der Waals surface area contributed by atoms with Crippen LogP contribution in [0.25, 0.3) is 22.8 Å². The first-order chi connectivity index (χ1) is 17.3. The van der Waals surface area contributed by atoms with Gasteiger partial charge < -0.3 is 18.9 Å². The van der Waals surface area contributed by atoms with E-state index >= 15 is 0 Å². The molecule has 8 nitrogen and oxygen atoms in total. The van der Waals surface area contributed by atoms with E-state index in [0.717, 1.165) is 30.8 Å². The Kier molecular flexibility index (Phi) is 8.34. The fraction of sp³-hybridized carbons (Fsp3) is 0.400. The van der Waals surface area contributed by atoms with Crippen molar-refractivity contribution in [3.8, 4) is 22.8 Å². The number of piperazine rings is 1. The first kappa shape index (κ1) is 25.8. The summed E-state index contributed by atoms with van der Waals surface area (Å²) in [6.07, 6.45) is -4.45. The Morgan fingerprint density at radius 2 is 1.78 bits per heavy atom. The van der Waals surface area contributed by atoms with Crippen molar-refractivity contribution in [2.45, 2.75) is 12.7 Å². The van der Waals surface area contributed by atoms with E-state index in [1.54, 1.807) is 12.0 Å². The number of carbonyl (C=O) groups is 1. The lowest BCUT2D eigenvalue weighted by atomic mass is 10.1. The predicted octanol–water partition coefficient (Wildman–Crippen LogP) is 3.73. The Bertz CT molecular complexity index is 1160. The SMILES string of the molecule is COCCOCC(=O)N1CCN(Cc2cccc(-c3noc(-c4cccc(C(F)(F)F)c4)n3)c2)CC1. The maximum Gasteiger partial charge on any atom is 0.416 e. The second-order valence-corrected chi connectivity index (χ2v) is 8.40. The van der Waals surface area contributed by atoms with Gasteiger partial charge in [0.25, 0.3) is 5.89 Å². The van der Waals surface area contributed by atoms with E-state index in [9.17, 15) is 18.0 Å². The number of halogens is 3. The second-order valence-electron chi connectivity index (χ2n) is 8.40. The van der Waals surface area contributed by atoms with Crippen molar-refractivity contribution in [2.24, 2.45) is 0 Å². The zero-order chi connectivity index (χ0) is 25.5. The van der Waals surface area contributed by atoms with Crippen molar-refractivity contribution in [3.63, 3.8) is 0 Å². The number of hydrogen-bond donors (Lipinski definition) is 0. The van der Waals surface area contributed by atoms with Crippen molar-refractivity contribution in [3.05, 3.63) is 59.7 Å². The fourth-order valence-corrected chi connectivity index (χ4v) is 3.90. The lowest BCUT2D eigenvalue weighted by Gasteiger charge is -2.34. The molecule has 2 heterocycles. The van der Waals surface area contributed by atoms with Gasteiger partial charge in [0.05, 0.1) is 18.8 Å². The third kappa shape index (κ3) is 6.68. The molecule has 3 aromatic rings. The minimum atomic E-state index is -4.45. The van der Waals surface area contributed by atoms with Gasteiger partial charge >= 0.3 is 6.18 Å². The van der Waals surface area contributed by atoms with Crippen LogP contribution in [0.4, 0.5) is 13.2 Å². The van der Waals surface area contributed by atoms with E-state index in [4.69, 9.17) is 14.0 Å². The van der Waals surface area contributed by atoms with Crippen LogP contribution in [-0.2, 0) is 27.0 Å². The number of methoxy groups -OCH3 is 1. The van der Waals surface area contributed by atoms with Crippen molar-refractivity contribution in [1.29, 1.82) is 0 Å². The Labute approximate surface area is 206 Å². The Hall–Kier alpha value is -3.28. The van der Waals surface area contributed by atoms with Gasteiger partial charge in [0.1, 0.15) is 6.61 Å². The van der Waals surface area contributed by atoms with Gasteiger partial charge in [-0.25, -0.2) is 0 Å². The highest BCUT2D eigenvalue weighted by Gasteiger charge is 2.31. The van der Waals surface area contributed by atoms with Gasteiger partial charge in [-0.1, -0.05) is 29.4 Å². The number of alkyl halides is 3. The van der Waals surface area contributed by atoms with Gasteiger partial charge in [0.15, 0.2) is 0 Å². The molecule has 0 radical (unpaired) electrons. The standard InChI is InChI=1S/C25H27F3N4O4/c1-34-12-13-35-17-22(33)32-10-8-31(9-11-32)16-18-4-2-5-19(14-18)23-29-24(36-30-23)20-6-3-7-21(15-20)25(26,27)28/h2-7,14-15H,8-13,16-17H2,1H3. The van der Waals surface area contributed by atoms with Crippen LogP contribution < -0.4 is 0 Å². The van der Waals surface area contributed by atoms with Crippen LogP contribution >= 0.6 is 0 Å². The average molecular weight is 505 g/mol. The van der Waals surface area contributed by atoms with E-state index in [2.05, 4.69) is 15.0 Å². The first-order valence-electron chi connectivity index (χ1n) is 11.5. The molecule has 1 aliphatic rings. The van der Waals surface area contributed by atoms with Crippen molar-refractivity contribution in [1.82, 2.24) is 19.9 Å². The number of nitrogens with zero attached hydrogens (tertiary/aromatic N) is 4. The Morgan fingerprint density at radius 3 is 2.53 bits per heavy atom. The summed E-state index contributed by atoms with van der Waals surface area (Å²) < 4.78 is 54.6. The summed E-state index contributed by atoms with van der Waals surface area (Å²) in [5.41, 5.74) is 1.16. The average Bonchev–Trinajstić information content (AvgIpc) is 3.37. The smallest absolute Gasteiger partial charge is 0.382 e. The number of rotatable bonds is 9. The van der Waals surface area contributed by atoms with Crippen LogP contribution in [0.15, 0.2) is 53.1 Å². The molecule has 4 rings (SSSR count). The lowest BCUT2D eigenvalue weighted by molar-refractivity contribution is -0.138. The Balaban J connectivity index is 1.35. The number of benzene rings is 2.